The summed E-state index contributed by atoms with van der Waals surface area (Å²) in [6.07, 6.45) is -4.78. The quantitative estimate of drug-likeness (QED) is 0.787. The number of alkyl halides is 3. The van der Waals surface area contributed by atoms with Gasteiger partial charge in [-0.15, -0.1) is 13.2 Å². The molecule has 0 aliphatic heterocycles. The topological polar surface area (TPSA) is 69.0 Å². The maximum atomic E-state index is 12.6. The van der Waals surface area contributed by atoms with Gasteiger partial charge in [0.15, 0.2) is 0 Å². The number of H-pyrrole nitrogens is 1. The Morgan fingerprint density at radius 2 is 1.80 bits per heavy atom. The van der Waals surface area contributed by atoms with Gasteiger partial charge in [-0.2, -0.15) is 0 Å². The summed E-state index contributed by atoms with van der Waals surface area (Å²) in [6.45, 7) is 3.90. The Hall–Kier alpha value is -2.97. The number of rotatable bonds is 3. The lowest BCUT2D eigenvalue weighted by molar-refractivity contribution is -0.274. The van der Waals surface area contributed by atoms with Gasteiger partial charge in [0.2, 0.25) is 0 Å². The zero-order chi connectivity index (χ0) is 18.4. The molecule has 0 saturated carbocycles. The van der Waals surface area contributed by atoms with E-state index in [9.17, 15) is 22.8 Å². The van der Waals surface area contributed by atoms with Crippen LogP contribution in [0.1, 0.15) is 12.6 Å². The lowest BCUT2D eigenvalue weighted by Crippen LogP contribution is -2.22. The minimum atomic E-state index is -4.78. The van der Waals surface area contributed by atoms with Crippen molar-refractivity contribution in [3.63, 3.8) is 0 Å². The fourth-order valence-corrected chi connectivity index (χ4v) is 2.78. The molecule has 0 bridgehead atoms. The van der Waals surface area contributed by atoms with Crippen LogP contribution in [-0.2, 0) is 6.54 Å². The Balaban J connectivity index is 2.11. The molecule has 0 amide bonds. The molecule has 0 spiro atoms. The fraction of sp³-hybridized carbons (Fsp3) is 0.250. The summed E-state index contributed by atoms with van der Waals surface area (Å²) in [5.41, 5.74) is 0.592. The largest absolute Gasteiger partial charge is 0.573 e. The first-order valence-corrected chi connectivity index (χ1v) is 7.42. The summed E-state index contributed by atoms with van der Waals surface area (Å²) < 4.78 is 43.1. The second-order valence-corrected chi connectivity index (χ2v) is 5.39. The molecule has 0 aliphatic rings. The van der Waals surface area contributed by atoms with Crippen LogP contribution in [0.5, 0.6) is 5.75 Å². The maximum absolute atomic E-state index is 12.6. The number of aromatic nitrogens is 3. The van der Waals surface area contributed by atoms with Crippen molar-refractivity contribution in [2.75, 3.05) is 0 Å². The van der Waals surface area contributed by atoms with E-state index in [1.165, 1.54) is 27.4 Å². The van der Waals surface area contributed by atoms with E-state index in [0.717, 1.165) is 12.1 Å². The second-order valence-electron chi connectivity index (χ2n) is 5.39. The van der Waals surface area contributed by atoms with E-state index in [-0.39, 0.29) is 16.9 Å². The lowest BCUT2D eigenvalue weighted by atomic mass is 10.2. The minimum absolute atomic E-state index is 0.241. The average molecular weight is 353 g/mol. The summed E-state index contributed by atoms with van der Waals surface area (Å²) in [7, 11) is 0. The summed E-state index contributed by atoms with van der Waals surface area (Å²) in [5, 5.41) is 3.17. The summed E-state index contributed by atoms with van der Waals surface area (Å²) in [4.78, 5) is 24.7. The SMILES string of the molecule is CCn1c(C)c2c(=O)n(-c3ccc(OC(F)(F)F)cc3)[nH]c2cc1=O. The molecule has 0 saturated heterocycles. The van der Waals surface area contributed by atoms with E-state index in [1.54, 1.807) is 13.8 Å². The monoisotopic (exact) mass is 353 g/mol. The van der Waals surface area contributed by atoms with Crippen LogP contribution in [-0.4, -0.2) is 20.7 Å². The summed E-state index contributed by atoms with van der Waals surface area (Å²) >= 11 is 0. The van der Waals surface area contributed by atoms with Crippen molar-refractivity contribution in [2.45, 2.75) is 26.8 Å². The van der Waals surface area contributed by atoms with Gasteiger partial charge in [-0.25, -0.2) is 4.68 Å². The number of pyridine rings is 1. The fourth-order valence-electron chi connectivity index (χ4n) is 2.78. The van der Waals surface area contributed by atoms with Crippen molar-refractivity contribution in [1.29, 1.82) is 0 Å². The van der Waals surface area contributed by atoms with Gasteiger partial charge >= 0.3 is 6.36 Å². The third-order valence-electron chi connectivity index (χ3n) is 3.86. The molecule has 0 unspecified atom stereocenters. The zero-order valence-corrected chi connectivity index (χ0v) is 13.3. The van der Waals surface area contributed by atoms with Crippen LogP contribution in [0, 0.1) is 6.92 Å². The molecule has 6 nitrogen and oxygen atoms in total. The summed E-state index contributed by atoms with van der Waals surface area (Å²) in [5.74, 6) is -0.387. The molecule has 25 heavy (non-hydrogen) atoms. The predicted molar refractivity (Wildman–Crippen MR) is 85.2 cm³/mol. The molecule has 0 atom stereocenters. The van der Waals surface area contributed by atoms with Crippen molar-refractivity contribution < 1.29 is 17.9 Å². The molecule has 9 heteroatoms. The highest BCUT2D eigenvalue weighted by Gasteiger charge is 2.31. The van der Waals surface area contributed by atoms with Gasteiger partial charge in [0.1, 0.15) is 5.75 Å². The van der Waals surface area contributed by atoms with Crippen LogP contribution in [0.25, 0.3) is 16.6 Å². The van der Waals surface area contributed by atoms with Crippen LogP contribution in [0.3, 0.4) is 0 Å². The van der Waals surface area contributed by atoms with E-state index < -0.39 is 6.36 Å². The smallest absolute Gasteiger partial charge is 0.406 e. The van der Waals surface area contributed by atoms with Gasteiger partial charge in [0, 0.05) is 18.3 Å². The number of aryl methyl sites for hydroxylation is 1. The number of ether oxygens (including phenoxy) is 1. The third-order valence-corrected chi connectivity index (χ3v) is 3.86. The Morgan fingerprint density at radius 1 is 1.16 bits per heavy atom. The van der Waals surface area contributed by atoms with Crippen molar-refractivity contribution in [1.82, 2.24) is 14.3 Å². The molecule has 1 N–H and O–H groups in total. The highest BCUT2D eigenvalue weighted by Crippen LogP contribution is 2.23. The summed E-state index contributed by atoms with van der Waals surface area (Å²) in [6, 6.07) is 6.18. The zero-order valence-electron chi connectivity index (χ0n) is 13.3. The number of halogens is 3. The van der Waals surface area contributed by atoms with Gasteiger partial charge in [-0.1, -0.05) is 0 Å². The first-order valence-electron chi connectivity index (χ1n) is 7.42. The van der Waals surface area contributed by atoms with Crippen LogP contribution in [0.2, 0.25) is 0 Å². The van der Waals surface area contributed by atoms with Crippen molar-refractivity contribution in [3.8, 4) is 11.4 Å². The number of hydrogen-bond donors (Lipinski definition) is 1. The molecule has 0 radical (unpaired) electrons. The normalized spacial score (nSPS) is 11.9. The molecule has 3 rings (SSSR count). The Labute approximate surface area is 139 Å². The molecule has 132 valence electrons. The highest BCUT2D eigenvalue weighted by molar-refractivity contribution is 5.80. The number of fused-ring (bicyclic) bond motifs is 1. The van der Waals surface area contributed by atoms with Gasteiger partial charge in [-0.3, -0.25) is 14.7 Å². The van der Waals surface area contributed by atoms with Crippen LogP contribution in [0.15, 0.2) is 39.9 Å². The molecule has 2 aromatic heterocycles. The minimum Gasteiger partial charge on any atom is -0.406 e. The van der Waals surface area contributed by atoms with Gasteiger partial charge < -0.3 is 9.30 Å². The number of nitrogens with zero attached hydrogens (tertiary/aromatic N) is 2. The maximum Gasteiger partial charge on any atom is 0.573 e. The van der Waals surface area contributed by atoms with E-state index in [1.807, 2.05) is 0 Å². The third kappa shape index (κ3) is 3.04. The van der Waals surface area contributed by atoms with Crippen LogP contribution in [0.4, 0.5) is 13.2 Å². The van der Waals surface area contributed by atoms with Gasteiger partial charge in [-0.05, 0) is 38.1 Å². The molecule has 0 aliphatic carbocycles. The van der Waals surface area contributed by atoms with E-state index >= 15 is 0 Å². The predicted octanol–water partition coefficient (Wildman–Crippen LogP) is 2.71. The van der Waals surface area contributed by atoms with Crippen LogP contribution >= 0.6 is 0 Å². The molecular formula is C16H14F3N3O3. The van der Waals surface area contributed by atoms with E-state index in [4.69, 9.17) is 0 Å². The second kappa shape index (κ2) is 5.83. The average Bonchev–Trinajstić information content (AvgIpc) is 2.83. The van der Waals surface area contributed by atoms with Gasteiger partial charge in [0.05, 0.1) is 16.6 Å². The van der Waals surface area contributed by atoms with Crippen molar-refractivity contribution in [3.05, 3.63) is 56.7 Å². The molecule has 2 heterocycles. The van der Waals surface area contributed by atoms with E-state index in [0.29, 0.717) is 28.8 Å². The molecule has 0 fully saturated rings. The van der Waals surface area contributed by atoms with Gasteiger partial charge in [0.25, 0.3) is 11.1 Å². The number of nitrogens with one attached hydrogen (secondary N) is 1. The standard InChI is InChI=1S/C16H14F3N3O3/c1-3-21-9(2)14-12(8-13(21)23)20-22(15(14)24)10-4-6-11(7-5-10)25-16(17,18)19/h4-8,20H,3H2,1-2H3. The number of benzene rings is 1. The first-order chi connectivity index (χ1) is 11.7. The molecule has 3 aromatic rings. The van der Waals surface area contributed by atoms with Crippen molar-refractivity contribution >= 4 is 10.9 Å². The Kier molecular flexibility index (Phi) is 3.94. The highest BCUT2D eigenvalue weighted by atomic mass is 19.4. The Bertz CT molecular complexity index is 1040. The van der Waals surface area contributed by atoms with Crippen LogP contribution < -0.4 is 15.9 Å². The lowest BCUT2D eigenvalue weighted by Gasteiger charge is -2.09. The number of hydrogen-bond acceptors (Lipinski definition) is 3. The Morgan fingerprint density at radius 3 is 2.36 bits per heavy atom. The van der Waals surface area contributed by atoms with E-state index in [2.05, 4.69) is 9.84 Å². The number of aromatic amines is 1. The molecular weight excluding hydrogens is 339 g/mol. The van der Waals surface area contributed by atoms with Crippen molar-refractivity contribution in [2.24, 2.45) is 0 Å². The first kappa shape index (κ1) is 16.9. The molecule has 1 aromatic carbocycles.